The highest BCUT2D eigenvalue weighted by atomic mass is 32.1. The SMILES string of the molecule is Nc1cccc(/C=C/C(=O)NCCc2ccsc2)c1. The number of hydrogen-bond acceptors (Lipinski definition) is 3. The summed E-state index contributed by atoms with van der Waals surface area (Å²) in [5.74, 6) is -0.0855. The van der Waals surface area contributed by atoms with Gasteiger partial charge in [0.25, 0.3) is 0 Å². The van der Waals surface area contributed by atoms with Crippen molar-refractivity contribution in [3.05, 3.63) is 58.3 Å². The van der Waals surface area contributed by atoms with Crippen molar-refractivity contribution in [1.82, 2.24) is 5.32 Å². The van der Waals surface area contributed by atoms with Gasteiger partial charge < -0.3 is 11.1 Å². The zero-order valence-electron chi connectivity index (χ0n) is 10.5. The van der Waals surface area contributed by atoms with E-state index < -0.39 is 0 Å². The van der Waals surface area contributed by atoms with Crippen molar-refractivity contribution in [1.29, 1.82) is 0 Å². The first-order valence-electron chi connectivity index (χ1n) is 6.06. The molecule has 1 amide bonds. The van der Waals surface area contributed by atoms with Gasteiger partial charge >= 0.3 is 0 Å². The molecule has 0 aliphatic heterocycles. The Balaban J connectivity index is 1.78. The van der Waals surface area contributed by atoms with Crippen LogP contribution in [0.5, 0.6) is 0 Å². The topological polar surface area (TPSA) is 55.1 Å². The number of carbonyl (C=O) groups excluding carboxylic acids is 1. The van der Waals surface area contributed by atoms with Crippen molar-refractivity contribution in [3.8, 4) is 0 Å². The molecule has 1 heterocycles. The summed E-state index contributed by atoms with van der Waals surface area (Å²) < 4.78 is 0. The molecular formula is C15H16N2OS. The molecule has 0 saturated heterocycles. The summed E-state index contributed by atoms with van der Waals surface area (Å²) in [5.41, 5.74) is 8.54. The Morgan fingerprint density at radius 1 is 1.37 bits per heavy atom. The number of nitrogen functional groups attached to an aromatic ring is 1. The number of thiophene rings is 1. The quantitative estimate of drug-likeness (QED) is 0.649. The molecule has 0 aliphatic rings. The summed E-state index contributed by atoms with van der Waals surface area (Å²) in [6, 6.07) is 9.49. The van der Waals surface area contributed by atoms with Gasteiger partial charge in [-0.3, -0.25) is 4.79 Å². The number of carbonyl (C=O) groups is 1. The Hall–Kier alpha value is -2.07. The van der Waals surface area contributed by atoms with E-state index in [4.69, 9.17) is 5.73 Å². The molecule has 3 N–H and O–H groups in total. The highest BCUT2D eigenvalue weighted by molar-refractivity contribution is 7.07. The standard InChI is InChI=1S/C15H16N2OS/c16-14-3-1-2-12(10-14)4-5-15(18)17-8-6-13-7-9-19-11-13/h1-5,7,9-11H,6,8,16H2,(H,17,18)/b5-4+. The molecule has 0 bridgehead atoms. The third-order valence-corrected chi connectivity index (χ3v) is 3.36. The number of nitrogens with two attached hydrogens (primary N) is 1. The lowest BCUT2D eigenvalue weighted by Crippen LogP contribution is -2.23. The first-order chi connectivity index (χ1) is 9.24. The Labute approximate surface area is 116 Å². The first kappa shape index (κ1) is 13.4. The molecule has 19 heavy (non-hydrogen) atoms. The van der Waals surface area contributed by atoms with E-state index in [0.717, 1.165) is 12.0 Å². The van der Waals surface area contributed by atoms with Crippen LogP contribution in [-0.4, -0.2) is 12.5 Å². The minimum atomic E-state index is -0.0855. The van der Waals surface area contributed by atoms with Gasteiger partial charge in [-0.1, -0.05) is 12.1 Å². The van der Waals surface area contributed by atoms with Gasteiger partial charge in [0.2, 0.25) is 5.91 Å². The average molecular weight is 272 g/mol. The Kier molecular flexibility index (Phi) is 4.75. The van der Waals surface area contributed by atoms with Crippen LogP contribution in [0.4, 0.5) is 5.69 Å². The summed E-state index contributed by atoms with van der Waals surface area (Å²) in [4.78, 5) is 11.6. The normalized spacial score (nSPS) is 10.7. The highest BCUT2D eigenvalue weighted by Crippen LogP contribution is 2.08. The molecule has 0 spiro atoms. The lowest BCUT2D eigenvalue weighted by atomic mass is 10.2. The third-order valence-electron chi connectivity index (χ3n) is 2.63. The Morgan fingerprint density at radius 3 is 3.00 bits per heavy atom. The summed E-state index contributed by atoms with van der Waals surface area (Å²) in [7, 11) is 0. The number of hydrogen-bond donors (Lipinski definition) is 2. The smallest absolute Gasteiger partial charge is 0.244 e. The van der Waals surface area contributed by atoms with Gasteiger partial charge in [-0.25, -0.2) is 0 Å². The van der Waals surface area contributed by atoms with Crippen LogP contribution >= 0.6 is 11.3 Å². The Bertz CT molecular complexity index is 561. The maximum absolute atomic E-state index is 11.6. The van der Waals surface area contributed by atoms with Crippen LogP contribution in [0.2, 0.25) is 0 Å². The van der Waals surface area contributed by atoms with Crippen LogP contribution in [0.25, 0.3) is 6.08 Å². The molecule has 0 saturated carbocycles. The molecule has 0 unspecified atom stereocenters. The second-order valence-corrected chi connectivity index (χ2v) is 4.96. The fourth-order valence-electron chi connectivity index (χ4n) is 1.66. The molecule has 0 atom stereocenters. The highest BCUT2D eigenvalue weighted by Gasteiger charge is 1.97. The number of nitrogens with one attached hydrogen (secondary N) is 1. The largest absolute Gasteiger partial charge is 0.399 e. The third kappa shape index (κ3) is 4.60. The maximum Gasteiger partial charge on any atom is 0.244 e. The van der Waals surface area contributed by atoms with Crippen LogP contribution < -0.4 is 11.1 Å². The zero-order chi connectivity index (χ0) is 13.5. The lowest BCUT2D eigenvalue weighted by Gasteiger charge is -2.00. The van der Waals surface area contributed by atoms with Crippen LogP contribution in [0.15, 0.2) is 47.2 Å². The second kappa shape index (κ2) is 6.75. The van der Waals surface area contributed by atoms with Gasteiger partial charge in [0.05, 0.1) is 0 Å². The fourth-order valence-corrected chi connectivity index (χ4v) is 2.36. The van der Waals surface area contributed by atoms with Crippen LogP contribution in [0.3, 0.4) is 0 Å². The average Bonchev–Trinajstić information content (AvgIpc) is 2.90. The summed E-state index contributed by atoms with van der Waals surface area (Å²) in [6.07, 6.45) is 4.15. The van der Waals surface area contributed by atoms with Gasteiger partial charge in [0, 0.05) is 18.3 Å². The number of amides is 1. The van der Waals surface area contributed by atoms with E-state index in [-0.39, 0.29) is 5.91 Å². The monoisotopic (exact) mass is 272 g/mol. The van der Waals surface area contributed by atoms with E-state index in [1.54, 1.807) is 17.4 Å². The predicted molar refractivity (Wildman–Crippen MR) is 80.9 cm³/mol. The Morgan fingerprint density at radius 2 is 2.26 bits per heavy atom. The zero-order valence-corrected chi connectivity index (χ0v) is 11.3. The minimum Gasteiger partial charge on any atom is -0.399 e. The van der Waals surface area contributed by atoms with Gasteiger partial charge in [-0.05, 0) is 52.6 Å². The summed E-state index contributed by atoms with van der Waals surface area (Å²) >= 11 is 1.67. The van der Waals surface area contributed by atoms with Crippen LogP contribution in [0.1, 0.15) is 11.1 Å². The van der Waals surface area contributed by atoms with Crippen LogP contribution in [0, 0.1) is 0 Å². The molecule has 98 valence electrons. The molecule has 0 fully saturated rings. The molecule has 2 rings (SSSR count). The van der Waals surface area contributed by atoms with E-state index in [9.17, 15) is 4.79 Å². The molecule has 1 aromatic carbocycles. The molecule has 0 radical (unpaired) electrons. The van der Waals surface area contributed by atoms with Crippen molar-refractivity contribution in [2.24, 2.45) is 0 Å². The number of benzene rings is 1. The molecular weight excluding hydrogens is 256 g/mol. The van der Waals surface area contributed by atoms with E-state index in [1.807, 2.05) is 29.6 Å². The molecule has 0 aliphatic carbocycles. The van der Waals surface area contributed by atoms with Crippen molar-refractivity contribution in [3.63, 3.8) is 0 Å². The van der Waals surface area contributed by atoms with Gasteiger partial charge in [-0.2, -0.15) is 11.3 Å². The lowest BCUT2D eigenvalue weighted by molar-refractivity contribution is -0.116. The molecule has 1 aromatic heterocycles. The molecule has 2 aromatic rings. The summed E-state index contributed by atoms with van der Waals surface area (Å²) in [6.45, 7) is 0.650. The predicted octanol–water partition coefficient (Wildman–Crippen LogP) is 2.70. The van der Waals surface area contributed by atoms with E-state index >= 15 is 0 Å². The number of rotatable bonds is 5. The van der Waals surface area contributed by atoms with Gasteiger partial charge in [-0.15, -0.1) is 0 Å². The van der Waals surface area contributed by atoms with E-state index in [2.05, 4.69) is 16.8 Å². The minimum absolute atomic E-state index is 0.0855. The van der Waals surface area contributed by atoms with Crippen molar-refractivity contribution < 1.29 is 4.79 Å². The van der Waals surface area contributed by atoms with E-state index in [0.29, 0.717) is 12.2 Å². The van der Waals surface area contributed by atoms with E-state index in [1.165, 1.54) is 11.6 Å². The van der Waals surface area contributed by atoms with Crippen molar-refractivity contribution in [2.45, 2.75) is 6.42 Å². The molecule has 4 heteroatoms. The first-order valence-corrected chi connectivity index (χ1v) is 7.01. The van der Waals surface area contributed by atoms with Gasteiger partial charge in [0.15, 0.2) is 0 Å². The summed E-state index contributed by atoms with van der Waals surface area (Å²) in [5, 5.41) is 6.98. The second-order valence-electron chi connectivity index (χ2n) is 4.18. The molecule has 3 nitrogen and oxygen atoms in total. The maximum atomic E-state index is 11.6. The fraction of sp³-hybridized carbons (Fsp3) is 0.133. The van der Waals surface area contributed by atoms with Crippen molar-refractivity contribution in [2.75, 3.05) is 12.3 Å². The van der Waals surface area contributed by atoms with Gasteiger partial charge in [0.1, 0.15) is 0 Å². The van der Waals surface area contributed by atoms with Crippen LogP contribution in [-0.2, 0) is 11.2 Å². The van der Waals surface area contributed by atoms with Crippen molar-refractivity contribution >= 4 is 29.0 Å². The number of anilines is 1.